The monoisotopic (exact) mass is 177 g/mol. The van der Waals surface area contributed by atoms with Crippen molar-refractivity contribution in [1.29, 1.82) is 0 Å². The van der Waals surface area contributed by atoms with Crippen LogP contribution in [0.15, 0.2) is 35.1 Å². The molecule has 1 heteroatoms. The van der Waals surface area contributed by atoms with Gasteiger partial charge in [-0.25, -0.2) is 0 Å². The number of likely N-dealkylation sites (N-methyl/N-ethyl adjacent to an activating group) is 1. The van der Waals surface area contributed by atoms with Crippen molar-refractivity contribution in [2.45, 2.75) is 27.7 Å². The molecule has 1 nitrogen and oxygen atoms in total. The molecule has 0 N–H and O–H groups in total. The van der Waals surface area contributed by atoms with Crippen molar-refractivity contribution in [2.75, 3.05) is 13.1 Å². The van der Waals surface area contributed by atoms with Crippen LogP contribution in [0.25, 0.3) is 0 Å². The van der Waals surface area contributed by atoms with Gasteiger partial charge >= 0.3 is 0 Å². The third-order valence-corrected chi connectivity index (χ3v) is 2.84. The number of hydrogen-bond acceptors (Lipinski definition) is 1. The zero-order valence-corrected chi connectivity index (χ0v) is 9.15. The van der Waals surface area contributed by atoms with E-state index >= 15 is 0 Å². The summed E-state index contributed by atoms with van der Waals surface area (Å²) in [6, 6.07) is 0. The van der Waals surface area contributed by atoms with E-state index in [2.05, 4.69) is 45.2 Å². The summed E-state index contributed by atoms with van der Waals surface area (Å²) in [5.41, 5.74) is 5.24. The molecule has 1 aliphatic rings. The lowest BCUT2D eigenvalue weighted by Crippen LogP contribution is -2.22. The second-order valence-electron chi connectivity index (χ2n) is 3.48. The van der Waals surface area contributed by atoms with Gasteiger partial charge in [0.2, 0.25) is 0 Å². The van der Waals surface area contributed by atoms with Gasteiger partial charge in [0.25, 0.3) is 0 Å². The summed E-state index contributed by atoms with van der Waals surface area (Å²) in [6.45, 7) is 14.9. The van der Waals surface area contributed by atoms with Crippen LogP contribution in [0.4, 0.5) is 0 Å². The van der Waals surface area contributed by atoms with E-state index in [0.29, 0.717) is 0 Å². The lowest BCUT2D eigenvalue weighted by Gasteiger charge is -2.23. The number of allylic oxidation sites excluding steroid dienone is 4. The minimum absolute atomic E-state index is 1.07. The largest absolute Gasteiger partial charge is 0.372 e. The van der Waals surface area contributed by atoms with Crippen LogP contribution >= 0.6 is 0 Å². The normalized spacial score (nSPS) is 16.6. The predicted octanol–water partition coefficient (Wildman–Crippen LogP) is 3.12. The Morgan fingerprint density at radius 3 is 2.00 bits per heavy atom. The molecule has 0 aromatic carbocycles. The standard InChI is InChI=1S/C12H19N/c1-6-13(7-2)12-8-9(3)10(4)11(12)5/h8H,3,6-7H2,1-2,4-5H3. The summed E-state index contributed by atoms with van der Waals surface area (Å²) in [5.74, 6) is 0. The summed E-state index contributed by atoms with van der Waals surface area (Å²) < 4.78 is 0. The van der Waals surface area contributed by atoms with Crippen LogP contribution in [0.1, 0.15) is 27.7 Å². The first-order valence-electron chi connectivity index (χ1n) is 4.95. The van der Waals surface area contributed by atoms with E-state index in [0.717, 1.165) is 13.1 Å². The fourth-order valence-corrected chi connectivity index (χ4v) is 1.71. The van der Waals surface area contributed by atoms with Crippen molar-refractivity contribution in [3.8, 4) is 0 Å². The van der Waals surface area contributed by atoms with E-state index in [9.17, 15) is 0 Å². The summed E-state index contributed by atoms with van der Waals surface area (Å²) in [7, 11) is 0. The molecule has 0 aliphatic heterocycles. The van der Waals surface area contributed by atoms with Gasteiger partial charge in [-0.05, 0) is 50.5 Å². The topological polar surface area (TPSA) is 3.24 Å². The smallest absolute Gasteiger partial charge is 0.0404 e. The van der Waals surface area contributed by atoms with E-state index in [1.165, 1.54) is 22.4 Å². The van der Waals surface area contributed by atoms with Gasteiger partial charge in [-0.3, -0.25) is 0 Å². The molecule has 0 radical (unpaired) electrons. The molecular formula is C12H19N. The fraction of sp³-hybridized carbons (Fsp3) is 0.500. The highest BCUT2D eigenvalue weighted by Gasteiger charge is 2.16. The third kappa shape index (κ3) is 1.69. The van der Waals surface area contributed by atoms with E-state index in [4.69, 9.17) is 0 Å². The Morgan fingerprint density at radius 2 is 1.69 bits per heavy atom. The molecule has 0 saturated carbocycles. The number of rotatable bonds is 3. The highest BCUT2D eigenvalue weighted by Crippen LogP contribution is 2.30. The lowest BCUT2D eigenvalue weighted by molar-refractivity contribution is 0.390. The van der Waals surface area contributed by atoms with Crippen molar-refractivity contribution in [3.63, 3.8) is 0 Å². The first-order valence-corrected chi connectivity index (χ1v) is 4.95. The van der Waals surface area contributed by atoms with Crippen LogP contribution in [-0.4, -0.2) is 18.0 Å². The average Bonchev–Trinajstić information content (AvgIpc) is 2.36. The van der Waals surface area contributed by atoms with Crippen molar-refractivity contribution in [3.05, 3.63) is 35.1 Å². The molecule has 0 bridgehead atoms. The van der Waals surface area contributed by atoms with Gasteiger partial charge in [-0.2, -0.15) is 0 Å². The quantitative estimate of drug-likeness (QED) is 0.640. The SMILES string of the molecule is C=C1C=C(N(CC)CC)C(C)=C1C. The van der Waals surface area contributed by atoms with Crippen molar-refractivity contribution in [1.82, 2.24) is 4.90 Å². The second kappa shape index (κ2) is 3.82. The van der Waals surface area contributed by atoms with Gasteiger partial charge in [0.05, 0.1) is 0 Å². The van der Waals surface area contributed by atoms with Gasteiger partial charge in [0, 0.05) is 18.8 Å². The maximum absolute atomic E-state index is 4.03. The van der Waals surface area contributed by atoms with Crippen LogP contribution in [0.5, 0.6) is 0 Å². The van der Waals surface area contributed by atoms with Crippen molar-refractivity contribution < 1.29 is 0 Å². The van der Waals surface area contributed by atoms with Crippen LogP contribution in [-0.2, 0) is 0 Å². The Morgan fingerprint density at radius 1 is 1.15 bits per heavy atom. The molecular weight excluding hydrogens is 158 g/mol. The maximum Gasteiger partial charge on any atom is 0.0404 e. The van der Waals surface area contributed by atoms with Crippen LogP contribution in [0.3, 0.4) is 0 Å². The van der Waals surface area contributed by atoms with Gasteiger partial charge in [-0.1, -0.05) is 6.58 Å². The molecule has 72 valence electrons. The van der Waals surface area contributed by atoms with Gasteiger partial charge in [0.1, 0.15) is 0 Å². The zero-order valence-electron chi connectivity index (χ0n) is 9.15. The molecule has 0 saturated heterocycles. The zero-order chi connectivity index (χ0) is 10.0. The maximum atomic E-state index is 4.03. The van der Waals surface area contributed by atoms with Crippen LogP contribution in [0.2, 0.25) is 0 Å². The van der Waals surface area contributed by atoms with Crippen LogP contribution < -0.4 is 0 Å². The summed E-state index contributed by atoms with van der Waals surface area (Å²) >= 11 is 0. The van der Waals surface area contributed by atoms with Crippen molar-refractivity contribution in [2.24, 2.45) is 0 Å². The van der Waals surface area contributed by atoms with E-state index in [1.54, 1.807) is 0 Å². The molecule has 0 atom stereocenters. The fourth-order valence-electron chi connectivity index (χ4n) is 1.71. The van der Waals surface area contributed by atoms with Crippen LogP contribution in [0, 0.1) is 0 Å². The molecule has 0 spiro atoms. The molecule has 1 aliphatic carbocycles. The van der Waals surface area contributed by atoms with Crippen molar-refractivity contribution >= 4 is 0 Å². The van der Waals surface area contributed by atoms with E-state index < -0.39 is 0 Å². The first kappa shape index (κ1) is 10.1. The number of hydrogen-bond donors (Lipinski definition) is 0. The Labute approximate surface area is 81.4 Å². The molecule has 0 heterocycles. The highest BCUT2D eigenvalue weighted by atomic mass is 15.1. The Hall–Kier alpha value is -0.980. The minimum Gasteiger partial charge on any atom is -0.372 e. The summed E-state index contributed by atoms with van der Waals surface area (Å²) in [6.07, 6.45) is 2.19. The summed E-state index contributed by atoms with van der Waals surface area (Å²) in [4.78, 5) is 2.37. The first-order chi connectivity index (χ1) is 6.11. The molecule has 13 heavy (non-hydrogen) atoms. The average molecular weight is 177 g/mol. The Bertz CT molecular complexity index is 277. The molecule has 1 rings (SSSR count). The second-order valence-corrected chi connectivity index (χ2v) is 3.48. The number of nitrogens with zero attached hydrogens (tertiary/aromatic N) is 1. The molecule has 0 amide bonds. The Kier molecular flexibility index (Phi) is 2.97. The van der Waals surface area contributed by atoms with Gasteiger partial charge in [-0.15, -0.1) is 0 Å². The highest BCUT2D eigenvalue weighted by molar-refractivity contribution is 5.55. The summed E-state index contributed by atoms with van der Waals surface area (Å²) in [5, 5.41) is 0. The van der Waals surface area contributed by atoms with Gasteiger partial charge in [0.15, 0.2) is 0 Å². The Balaban J connectivity index is 2.95. The minimum atomic E-state index is 1.07. The predicted molar refractivity (Wildman–Crippen MR) is 58.5 cm³/mol. The lowest BCUT2D eigenvalue weighted by atomic mass is 10.1. The van der Waals surface area contributed by atoms with E-state index in [-0.39, 0.29) is 0 Å². The molecule has 0 aromatic heterocycles. The third-order valence-electron chi connectivity index (χ3n) is 2.84. The molecule has 0 fully saturated rings. The molecule has 0 unspecified atom stereocenters. The molecule has 0 aromatic rings. The van der Waals surface area contributed by atoms with Gasteiger partial charge < -0.3 is 4.90 Å². The van der Waals surface area contributed by atoms with E-state index in [1.807, 2.05) is 0 Å².